The normalized spacial score (nSPS) is 24.3. The van der Waals surface area contributed by atoms with Crippen molar-refractivity contribution in [2.45, 2.75) is 18.4 Å². The van der Waals surface area contributed by atoms with Gasteiger partial charge in [-0.15, -0.1) is 0 Å². The molecule has 1 aliphatic heterocycles. The number of hydrogen-bond donors (Lipinski definition) is 2. The van der Waals surface area contributed by atoms with Crippen molar-refractivity contribution in [1.82, 2.24) is 0 Å². The van der Waals surface area contributed by atoms with E-state index in [0.29, 0.717) is 5.02 Å². The first kappa shape index (κ1) is 12.6. The van der Waals surface area contributed by atoms with Crippen molar-refractivity contribution in [2.24, 2.45) is 5.73 Å². The molecule has 1 aliphatic rings. The standard InChI is InChI=1S/C12H15ClN2OS/c13-9-2-4-10(5-3-9)15-12(11(14)16)6-1-7-17-8-12/h2-5,15H,1,6-8H2,(H2,14,16). The molecule has 3 nitrogen and oxygen atoms in total. The Kier molecular flexibility index (Phi) is 3.84. The predicted octanol–water partition coefficient (Wildman–Crippen LogP) is 2.50. The summed E-state index contributed by atoms with van der Waals surface area (Å²) in [6.45, 7) is 0. The van der Waals surface area contributed by atoms with Crippen molar-refractivity contribution in [3.05, 3.63) is 29.3 Å². The Morgan fingerprint density at radius 2 is 2.12 bits per heavy atom. The van der Waals surface area contributed by atoms with Crippen LogP contribution in [0.3, 0.4) is 0 Å². The molecule has 92 valence electrons. The lowest BCUT2D eigenvalue weighted by molar-refractivity contribution is -0.121. The van der Waals surface area contributed by atoms with Gasteiger partial charge >= 0.3 is 0 Å². The van der Waals surface area contributed by atoms with E-state index < -0.39 is 5.54 Å². The zero-order valence-electron chi connectivity index (χ0n) is 9.41. The van der Waals surface area contributed by atoms with Gasteiger partial charge in [0.05, 0.1) is 0 Å². The van der Waals surface area contributed by atoms with Crippen molar-refractivity contribution < 1.29 is 4.79 Å². The largest absolute Gasteiger partial charge is 0.371 e. The predicted molar refractivity (Wildman–Crippen MR) is 73.6 cm³/mol. The number of thioether (sulfide) groups is 1. The number of anilines is 1. The Hall–Kier alpha value is -0.870. The highest BCUT2D eigenvalue weighted by molar-refractivity contribution is 7.99. The van der Waals surface area contributed by atoms with Gasteiger partial charge in [0.1, 0.15) is 5.54 Å². The second kappa shape index (κ2) is 5.19. The number of nitrogens with two attached hydrogens (primary N) is 1. The highest BCUT2D eigenvalue weighted by Crippen LogP contribution is 2.30. The quantitative estimate of drug-likeness (QED) is 0.887. The van der Waals surface area contributed by atoms with E-state index in [1.165, 1.54) is 0 Å². The van der Waals surface area contributed by atoms with Gasteiger partial charge in [-0.2, -0.15) is 11.8 Å². The van der Waals surface area contributed by atoms with E-state index in [1.807, 2.05) is 12.1 Å². The zero-order valence-corrected chi connectivity index (χ0v) is 11.0. The third-order valence-corrected chi connectivity index (χ3v) is 4.47. The lowest BCUT2D eigenvalue weighted by atomic mass is 9.94. The van der Waals surface area contributed by atoms with Crippen LogP contribution in [0.15, 0.2) is 24.3 Å². The highest BCUT2D eigenvalue weighted by atomic mass is 35.5. The van der Waals surface area contributed by atoms with Gasteiger partial charge in [-0.25, -0.2) is 0 Å². The number of rotatable bonds is 3. The number of carbonyl (C=O) groups is 1. The molecule has 0 aliphatic carbocycles. The number of carbonyl (C=O) groups excluding carboxylic acids is 1. The van der Waals surface area contributed by atoms with Crippen LogP contribution in [-0.2, 0) is 4.79 Å². The van der Waals surface area contributed by atoms with E-state index in [1.54, 1.807) is 23.9 Å². The number of halogens is 1. The number of primary amides is 1. The van der Waals surface area contributed by atoms with Crippen LogP contribution in [-0.4, -0.2) is 23.0 Å². The van der Waals surface area contributed by atoms with Gasteiger partial charge in [-0.3, -0.25) is 4.79 Å². The molecule has 1 heterocycles. The van der Waals surface area contributed by atoms with Gasteiger partial charge in [0.25, 0.3) is 0 Å². The lowest BCUT2D eigenvalue weighted by Gasteiger charge is -2.35. The van der Waals surface area contributed by atoms with Gasteiger partial charge in [-0.1, -0.05) is 11.6 Å². The van der Waals surface area contributed by atoms with Crippen molar-refractivity contribution in [1.29, 1.82) is 0 Å². The first-order valence-corrected chi connectivity index (χ1v) is 7.07. The molecule has 0 saturated carbocycles. The Labute approximate surface area is 110 Å². The minimum atomic E-state index is -0.614. The third kappa shape index (κ3) is 2.87. The SMILES string of the molecule is NC(=O)C1(Nc2ccc(Cl)cc2)CCCSC1. The topological polar surface area (TPSA) is 55.1 Å². The van der Waals surface area contributed by atoms with Crippen LogP contribution < -0.4 is 11.1 Å². The van der Waals surface area contributed by atoms with Crippen LogP contribution in [0.2, 0.25) is 5.02 Å². The van der Waals surface area contributed by atoms with E-state index in [0.717, 1.165) is 30.0 Å². The van der Waals surface area contributed by atoms with Crippen LogP contribution in [0, 0.1) is 0 Å². The molecule has 0 aromatic heterocycles. The van der Waals surface area contributed by atoms with Crippen LogP contribution in [0.5, 0.6) is 0 Å². The summed E-state index contributed by atoms with van der Waals surface area (Å²) in [5.74, 6) is 1.54. The van der Waals surface area contributed by atoms with E-state index in [2.05, 4.69) is 5.32 Å². The fraction of sp³-hybridized carbons (Fsp3) is 0.417. The minimum Gasteiger partial charge on any atom is -0.371 e. The molecule has 1 atom stereocenters. The van der Waals surface area contributed by atoms with Crippen molar-refractivity contribution in [3.63, 3.8) is 0 Å². The highest BCUT2D eigenvalue weighted by Gasteiger charge is 2.38. The van der Waals surface area contributed by atoms with Crippen LogP contribution in [0.4, 0.5) is 5.69 Å². The maximum absolute atomic E-state index is 11.7. The third-order valence-electron chi connectivity index (χ3n) is 2.94. The molecule has 5 heteroatoms. The summed E-state index contributed by atoms with van der Waals surface area (Å²) >= 11 is 7.59. The molecule has 1 fully saturated rings. The van der Waals surface area contributed by atoms with Gasteiger partial charge in [0.2, 0.25) is 5.91 Å². The first-order valence-electron chi connectivity index (χ1n) is 5.54. The molecular weight excluding hydrogens is 256 g/mol. The molecular formula is C12H15ClN2OS. The van der Waals surface area contributed by atoms with Gasteiger partial charge in [-0.05, 0) is 42.9 Å². The van der Waals surface area contributed by atoms with Crippen molar-refractivity contribution >= 4 is 35.0 Å². The molecule has 1 unspecified atom stereocenters. The van der Waals surface area contributed by atoms with Gasteiger partial charge in [0.15, 0.2) is 0 Å². The average Bonchev–Trinajstić information content (AvgIpc) is 2.33. The molecule has 17 heavy (non-hydrogen) atoms. The van der Waals surface area contributed by atoms with Crippen LogP contribution in [0.1, 0.15) is 12.8 Å². The van der Waals surface area contributed by atoms with Crippen molar-refractivity contribution in [2.75, 3.05) is 16.8 Å². The Bertz CT molecular complexity index is 401. The Morgan fingerprint density at radius 3 is 2.65 bits per heavy atom. The summed E-state index contributed by atoms with van der Waals surface area (Å²) in [6, 6.07) is 7.34. The van der Waals surface area contributed by atoms with Gasteiger partial charge in [0, 0.05) is 16.5 Å². The molecule has 1 saturated heterocycles. The molecule has 1 amide bonds. The molecule has 1 aromatic rings. The summed E-state index contributed by atoms with van der Waals surface area (Å²) in [4.78, 5) is 11.7. The summed E-state index contributed by atoms with van der Waals surface area (Å²) in [5, 5.41) is 3.95. The zero-order chi connectivity index (χ0) is 12.3. The number of benzene rings is 1. The van der Waals surface area contributed by atoms with E-state index >= 15 is 0 Å². The number of hydrogen-bond acceptors (Lipinski definition) is 3. The number of nitrogens with one attached hydrogen (secondary N) is 1. The summed E-state index contributed by atoms with van der Waals surface area (Å²) in [6.07, 6.45) is 1.80. The Morgan fingerprint density at radius 1 is 1.41 bits per heavy atom. The minimum absolute atomic E-state index is 0.278. The molecule has 2 rings (SSSR count). The second-order valence-corrected chi connectivity index (χ2v) is 5.78. The second-order valence-electron chi connectivity index (χ2n) is 4.23. The van der Waals surface area contributed by atoms with E-state index in [9.17, 15) is 4.79 Å². The molecule has 0 bridgehead atoms. The van der Waals surface area contributed by atoms with Crippen LogP contribution >= 0.6 is 23.4 Å². The molecule has 0 spiro atoms. The summed E-state index contributed by atoms with van der Waals surface area (Å²) in [7, 11) is 0. The summed E-state index contributed by atoms with van der Waals surface area (Å²) in [5.41, 5.74) is 5.81. The van der Waals surface area contributed by atoms with Crippen molar-refractivity contribution in [3.8, 4) is 0 Å². The molecule has 3 N–H and O–H groups in total. The molecule has 0 radical (unpaired) electrons. The fourth-order valence-corrected chi connectivity index (χ4v) is 3.28. The number of amides is 1. The lowest BCUT2D eigenvalue weighted by Crippen LogP contribution is -2.54. The maximum atomic E-state index is 11.7. The molecule has 1 aromatic carbocycles. The average molecular weight is 271 g/mol. The van der Waals surface area contributed by atoms with E-state index in [-0.39, 0.29) is 5.91 Å². The Balaban J connectivity index is 2.17. The maximum Gasteiger partial charge on any atom is 0.243 e. The monoisotopic (exact) mass is 270 g/mol. The summed E-state index contributed by atoms with van der Waals surface area (Å²) < 4.78 is 0. The fourth-order valence-electron chi connectivity index (χ4n) is 1.96. The first-order chi connectivity index (χ1) is 8.12. The van der Waals surface area contributed by atoms with Crippen LogP contribution in [0.25, 0.3) is 0 Å². The van der Waals surface area contributed by atoms with Gasteiger partial charge < -0.3 is 11.1 Å². The smallest absolute Gasteiger partial charge is 0.243 e. The van der Waals surface area contributed by atoms with E-state index in [4.69, 9.17) is 17.3 Å².